The van der Waals surface area contributed by atoms with Crippen molar-refractivity contribution < 1.29 is 17.9 Å². The highest BCUT2D eigenvalue weighted by molar-refractivity contribution is 9.10. The van der Waals surface area contributed by atoms with Crippen molar-refractivity contribution in [2.24, 2.45) is 5.14 Å². The summed E-state index contributed by atoms with van der Waals surface area (Å²) in [6.45, 7) is 5.37. The zero-order valence-electron chi connectivity index (χ0n) is 12.1. The normalized spacial score (nSPS) is 14.3. The molecule has 0 saturated heterocycles. The maximum atomic E-state index is 11.9. The Hall–Kier alpha value is -1.12. The Labute approximate surface area is 133 Å². The Morgan fingerprint density at radius 2 is 2.05 bits per heavy atom. The summed E-state index contributed by atoms with van der Waals surface area (Å²) in [6.07, 6.45) is -0.0419. The lowest BCUT2D eigenvalue weighted by Crippen LogP contribution is -2.41. The molecule has 0 saturated carbocycles. The number of sulfonamides is 1. The third-order valence-electron chi connectivity index (χ3n) is 2.89. The van der Waals surface area contributed by atoms with Crippen LogP contribution in [0.4, 0.5) is 0 Å². The van der Waals surface area contributed by atoms with Gasteiger partial charge in [0.05, 0.1) is 0 Å². The van der Waals surface area contributed by atoms with Gasteiger partial charge in [-0.3, -0.25) is 4.79 Å². The van der Waals surface area contributed by atoms with Crippen molar-refractivity contribution in [3.63, 3.8) is 0 Å². The van der Waals surface area contributed by atoms with E-state index in [2.05, 4.69) is 21.2 Å². The van der Waals surface area contributed by atoms with Crippen LogP contribution >= 0.6 is 15.9 Å². The van der Waals surface area contributed by atoms with Gasteiger partial charge in [-0.05, 0) is 38.5 Å². The van der Waals surface area contributed by atoms with E-state index in [1.54, 1.807) is 13.0 Å². The van der Waals surface area contributed by atoms with Gasteiger partial charge >= 0.3 is 0 Å². The number of carbonyl (C=O) groups is 1. The molecule has 1 rings (SSSR count). The Morgan fingerprint density at radius 1 is 1.43 bits per heavy atom. The molecular weight excluding hydrogens is 360 g/mol. The van der Waals surface area contributed by atoms with Crippen LogP contribution in [0.15, 0.2) is 27.6 Å². The highest BCUT2D eigenvalue weighted by Gasteiger charge is 2.21. The smallest absolute Gasteiger partial charge is 0.260 e. The number of carbonyl (C=O) groups excluding carboxylic acids is 1. The summed E-state index contributed by atoms with van der Waals surface area (Å²) >= 11 is 3.17. The van der Waals surface area contributed by atoms with Gasteiger partial charge < -0.3 is 10.1 Å². The number of halogens is 1. The second-order valence-corrected chi connectivity index (χ2v) is 7.16. The minimum absolute atomic E-state index is 0.0196. The van der Waals surface area contributed by atoms with E-state index in [0.29, 0.717) is 4.47 Å². The molecule has 0 radical (unpaired) electrons. The van der Waals surface area contributed by atoms with E-state index in [1.165, 1.54) is 12.1 Å². The molecule has 0 fully saturated rings. The van der Waals surface area contributed by atoms with Gasteiger partial charge in [-0.1, -0.05) is 22.9 Å². The molecule has 0 aromatic heterocycles. The van der Waals surface area contributed by atoms with Gasteiger partial charge in [0.1, 0.15) is 10.6 Å². The lowest BCUT2D eigenvalue weighted by Gasteiger charge is -2.19. The Morgan fingerprint density at radius 3 is 2.57 bits per heavy atom. The van der Waals surface area contributed by atoms with Gasteiger partial charge in [-0.2, -0.15) is 0 Å². The predicted molar refractivity (Wildman–Crippen MR) is 83.5 cm³/mol. The fraction of sp³-hybridized carbons (Fsp3) is 0.462. The third-order valence-corrected chi connectivity index (χ3v) is 4.31. The first kappa shape index (κ1) is 17.9. The van der Waals surface area contributed by atoms with E-state index in [0.717, 1.165) is 6.42 Å². The molecule has 0 aliphatic rings. The number of hydrogen-bond donors (Lipinski definition) is 2. The highest BCUT2D eigenvalue weighted by Crippen LogP contribution is 2.27. The number of nitrogens with one attached hydrogen (secondary N) is 1. The van der Waals surface area contributed by atoms with E-state index in [4.69, 9.17) is 9.88 Å². The number of hydrogen-bond acceptors (Lipinski definition) is 4. The summed E-state index contributed by atoms with van der Waals surface area (Å²) in [5.74, 6) is -0.264. The summed E-state index contributed by atoms with van der Waals surface area (Å²) in [5, 5.41) is 7.92. The van der Waals surface area contributed by atoms with E-state index < -0.39 is 16.1 Å². The van der Waals surface area contributed by atoms with Crippen LogP contribution in [0.1, 0.15) is 27.2 Å². The van der Waals surface area contributed by atoms with Crippen molar-refractivity contribution in [1.29, 1.82) is 0 Å². The molecule has 3 N–H and O–H groups in total. The first-order valence-electron chi connectivity index (χ1n) is 6.44. The molecule has 8 heteroatoms. The molecule has 1 aromatic carbocycles. The van der Waals surface area contributed by atoms with Crippen LogP contribution in [0.25, 0.3) is 0 Å². The lowest BCUT2D eigenvalue weighted by atomic mass is 10.2. The van der Waals surface area contributed by atoms with Crippen LogP contribution in [-0.4, -0.2) is 26.5 Å². The second-order valence-electron chi connectivity index (χ2n) is 4.71. The van der Waals surface area contributed by atoms with Crippen molar-refractivity contribution in [2.45, 2.75) is 44.2 Å². The van der Waals surface area contributed by atoms with Gasteiger partial charge in [-0.25, -0.2) is 13.6 Å². The molecule has 0 aliphatic heterocycles. The van der Waals surface area contributed by atoms with Gasteiger partial charge in [0, 0.05) is 10.5 Å². The second kappa shape index (κ2) is 7.24. The number of rotatable bonds is 6. The summed E-state index contributed by atoms with van der Waals surface area (Å²) in [7, 11) is -3.94. The van der Waals surface area contributed by atoms with Crippen molar-refractivity contribution in [3.8, 4) is 5.75 Å². The van der Waals surface area contributed by atoms with Crippen molar-refractivity contribution >= 4 is 31.9 Å². The number of primary sulfonamides is 1. The monoisotopic (exact) mass is 378 g/mol. The molecule has 2 atom stereocenters. The molecule has 0 spiro atoms. The Kier molecular flexibility index (Phi) is 6.18. The van der Waals surface area contributed by atoms with Crippen LogP contribution in [0, 0.1) is 0 Å². The molecule has 6 nitrogen and oxygen atoms in total. The van der Waals surface area contributed by atoms with Crippen LogP contribution in [0.3, 0.4) is 0 Å². The Balaban J connectivity index is 2.95. The standard InChI is InChI=1S/C13H19BrN2O4S/c1-4-8(2)16-13(17)9(3)20-11-6-5-10(14)7-12(11)21(15,18)19/h5-9H,4H2,1-3H3,(H,16,17)(H2,15,18,19). The largest absolute Gasteiger partial charge is 0.479 e. The fourth-order valence-corrected chi connectivity index (χ4v) is 2.71. The quantitative estimate of drug-likeness (QED) is 0.787. The van der Waals surface area contributed by atoms with E-state index >= 15 is 0 Å². The van der Waals surface area contributed by atoms with Crippen molar-refractivity contribution in [3.05, 3.63) is 22.7 Å². The van der Waals surface area contributed by atoms with Crippen molar-refractivity contribution in [2.75, 3.05) is 0 Å². The maximum Gasteiger partial charge on any atom is 0.260 e. The van der Waals surface area contributed by atoms with Crippen LogP contribution < -0.4 is 15.2 Å². The summed E-state index contributed by atoms with van der Waals surface area (Å²) in [6, 6.07) is 4.43. The minimum Gasteiger partial charge on any atom is -0.479 e. The maximum absolute atomic E-state index is 11.9. The van der Waals surface area contributed by atoms with Crippen LogP contribution in [0.2, 0.25) is 0 Å². The average molecular weight is 379 g/mol. The summed E-state index contributed by atoms with van der Waals surface area (Å²) in [4.78, 5) is 11.8. The average Bonchev–Trinajstić information content (AvgIpc) is 2.39. The molecule has 0 aliphatic carbocycles. The highest BCUT2D eigenvalue weighted by atomic mass is 79.9. The molecule has 0 bridgehead atoms. The van der Waals surface area contributed by atoms with E-state index in [1.807, 2.05) is 13.8 Å². The summed E-state index contributed by atoms with van der Waals surface area (Å²) in [5.41, 5.74) is 0. The van der Waals surface area contributed by atoms with Crippen LogP contribution in [0.5, 0.6) is 5.75 Å². The predicted octanol–water partition coefficient (Wildman–Crippen LogP) is 1.78. The van der Waals surface area contributed by atoms with E-state index in [9.17, 15) is 13.2 Å². The molecule has 1 amide bonds. The first-order valence-corrected chi connectivity index (χ1v) is 8.78. The third kappa shape index (κ3) is 5.29. The molecule has 0 heterocycles. The fourth-order valence-electron chi connectivity index (χ4n) is 1.51. The lowest BCUT2D eigenvalue weighted by molar-refractivity contribution is -0.128. The minimum atomic E-state index is -3.94. The summed E-state index contributed by atoms with van der Waals surface area (Å²) < 4.78 is 29.1. The number of amides is 1. The Bertz CT molecular complexity index is 619. The van der Waals surface area contributed by atoms with E-state index in [-0.39, 0.29) is 22.6 Å². The zero-order chi connectivity index (χ0) is 16.2. The number of nitrogens with two attached hydrogens (primary N) is 1. The van der Waals surface area contributed by atoms with Gasteiger partial charge in [-0.15, -0.1) is 0 Å². The molecule has 2 unspecified atom stereocenters. The van der Waals surface area contributed by atoms with Gasteiger partial charge in [0.2, 0.25) is 10.0 Å². The van der Waals surface area contributed by atoms with Gasteiger partial charge in [0.15, 0.2) is 6.10 Å². The van der Waals surface area contributed by atoms with Crippen LogP contribution in [-0.2, 0) is 14.8 Å². The number of ether oxygens (including phenoxy) is 1. The molecule has 21 heavy (non-hydrogen) atoms. The topological polar surface area (TPSA) is 98.5 Å². The molecular formula is C13H19BrN2O4S. The molecule has 118 valence electrons. The molecule has 1 aromatic rings. The number of benzene rings is 1. The zero-order valence-corrected chi connectivity index (χ0v) is 14.5. The van der Waals surface area contributed by atoms with Crippen molar-refractivity contribution in [1.82, 2.24) is 5.32 Å². The SMILES string of the molecule is CCC(C)NC(=O)C(C)Oc1ccc(Br)cc1S(N)(=O)=O. The van der Waals surface area contributed by atoms with Gasteiger partial charge in [0.25, 0.3) is 5.91 Å². The first-order chi connectivity index (χ1) is 9.65.